The van der Waals surface area contributed by atoms with E-state index in [-0.39, 0.29) is 0 Å². The Balaban J connectivity index is 1.94. The van der Waals surface area contributed by atoms with Gasteiger partial charge in [0.15, 0.2) is 0 Å². The summed E-state index contributed by atoms with van der Waals surface area (Å²) in [5, 5.41) is 13.6. The summed E-state index contributed by atoms with van der Waals surface area (Å²) >= 11 is 0. The lowest BCUT2D eigenvalue weighted by Gasteiger charge is -2.16. The summed E-state index contributed by atoms with van der Waals surface area (Å²) in [6, 6.07) is 14.2. The lowest BCUT2D eigenvalue weighted by molar-refractivity contribution is 0.170. The molecule has 2 aromatic carbocycles. The van der Waals surface area contributed by atoms with Gasteiger partial charge in [-0.2, -0.15) is 0 Å². The van der Waals surface area contributed by atoms with Crippen LogP contribution in [0.5, 0.6) is 5.75 Å². The predicted octanol–water partition coefficient (Wildman–Crippen LogP) is 3.14. The summed E-state index contributed by atoms with van der Waals surface area (Å²) in [5.41, 5.74) is 4.41. The quantitative estimate of drug-likeness (QED) is 0.857. The number of hydrogen-bond acceptors (Lipinski definition) is 3. The van der Waals surface area contributed by atoms with E-state index < -0.39 is 6.10 Å². The highest BCUT2D eigenvalue weighted by atomic mass is 16.5. The summed E-state index contributed by atoms with van der Waals surface area (Å²) in [7, 11) is 1.63. The minimum absolute atomic E-state index is 0.494. The SMILES string of the molecule is COc1ccc(C)cc1C(O)CNCc1ccc(C)cc1. The van der Waals surface area contributed by atoms with Gasteiger partial charge in [0.25, 0.3) is 0 Å². The Morgan fingerprint density at radius 2 is 1.71 bits per heavy atom. The molecular formula is C18H23NO2. The molecule has 0 aliphatic heterocycles. The van der Waals surface area contributed by atoms with Gasteiger partial charge >= 0.3 is 0 Å². The lowest BCUT2D eigenvalue weighted by Crippen LogP contribution is -2.21. The van der Waals surface area contributed by atoms with Crippen LogP contribution < -0.4 is 10.1 Å². The highest BCUT2D eigenvalue weighted by molar-refractivity contribution is 5.38. The highest BCUT2D eigenvalue weighted by Crippen LogP contribution is 2.25. The van der Waals surface area contributed by atoms with Crippen molar-refractivity contribution in [1.29, 1.82) is 0 Å². The van der Waals surface area contributed by atoms with Crippen molar-refractivity contribution in [3.63, 3.8) is 0 Å². The van der Waals surface area contributed by atoms with Crippen LogP contribution in [0.25, 0.3) is 0 Å². The van der Waals surface area contributed by atoms with Crippen LogP contribution in [0.2, 0.25) is 0 Å². The molecule has 2 rings (SSSR count). The molecule has 0 amide bonds. The largest absolute Gasteiger partial charge is 0.496 e. The van der Waals surface area contributed by atoms with Gasteiger partial charge in [0.2, 0.25) is 0 Å². The van der Waals surface area contributed by atoms with Crippen LogP contribution >= 0.6 is 0 Å². The molecule has 1 unspecified atom stereocenters. The van der Waals surface area contributed by atoms with Crippen molar-refractivity contribution in [3.8, 4) is 5.75 Å². The first-order chi connectivity index (χ1) is 10.1. The minimum Gasteiger partial charge on any atom is -0.496 e. The summed E-state index contributed by atoms with van der Waals surface area (Å²) < 4.78 is 5.31. The fourth-order valence-electron chi connectivity index (χ4n) is 2.28. The number of methoxy groups -OCH3 is 1. The summed E-state index contributed by atoms with van der Waals surface area (Å²) in [5.74, 6) is 0.727. The molecule has 0 bridgehead atoms. The van der Waals surface area contributed by atoms with Crippen molar-refractivity contribution in [2.45, 2.75) is 26.5 Å². The highest BCUT2D eigenvalue weighted by Gasteiger charge is 2.13. The smallest absolute Gasteiger partial charge is 0.124 e. The monoisotopic (exact) mass is 285 g/mol. The molecule has 3 heteroatoms. The normalized spacial score (nSPS) is 12.2. The van der Waals surface area contributed by atoms with E-state index in [0.717, 1.165) is 23.4 Å². The van der Waals surface area contributed by atoms with Gasteiger partial charge < -0.3 is 15.2 Å². The van der Waals surface area contributed by atoms with E-state index in [9.17, 15) is 5.11 Å². The second kappa shape index (κ2) is 7.25. The van der Waals surface area contributed by atoms with Crippen molar-refractivity contribution >= 4 is 0 Å². The van der Waals surface area contributed by atoms with Crippen molar-refractivity contribution in [3.05, 3.63) is 64.7 Å². The third kappa shape index (κ3) is 4.31. The Bertz CT molecular complexity index is 578. The van der Waals surface area contributed by atoms with Crippen LogP contribution in [0.3, 0.4) is 0 Å². The van der Waals surface area contributed by atoms with Crippen molar-refractivity contribution in [2.75, 3.05) is 13.7 Å². The average molecular weight is 285 g/mol. The van der Waals surface area contributed by atoms with Crippen molar-refractivity contribution in [1.82, 2.24) is 5.32 Å². The molecular weight excluding hydrogens is 262 g/mol. The molecule has 0 saturated heterocycles. The number of aliphatic hydroxyl groups excluding tert-OH is 1. The van der Waals surface area contributed by atoms with E-state index in [2.05, 4.69) is 36.5 Å². The Morgan fingerprint density at radius 1 is 1.05 bits per heavy atom. The summed E-state index contributed by atoms with van der Waals surface area (Å²) in [4.78, 5) is 0. The zero-order valence-corrected chi connectivity index (χ0v) is 12.9. The molecule has 2 N–H and O–H groups in total. The molecule has 0 saturated carbocycles. The molecule has 0 heterocycles. The molecule has 3 nitrogen and oxygen atoms in total. The molecule has 0 aliphatic rings. The number of ether oxygens (including phenoxy) is 1. The second-order valence-electron chi connectivity index (χ2n) is 5.38. The summed E-state index contributed by atoms with van der Waals surface area (Å²) in [6.45, 7) is 5.32. The maximum absolute atomic E-state index is 10.3. The van der Waals surface area contributed by atoms with E-state index in [0.29, 0.717) is 6.54 Å². The molecule has 0 fully saturated rings. The van der Waals surface area contributed by atoms with E-state index >= 15 is 0 Å². The van der Waals surface area contributed by atoms with Gasteiger partial charge in [-0.1, -0.05) is 41.5 Å². The first-order valence-corrected chi connectivity index (χ1v) is 7.19. The zero-order valence-electron chi connectivity index (χ0n) is 12.9. The van der Waals surface area contributed by atoms with E-state index in [1.54, 1.807) is 7.11 Å². The van der Waals surface area contributed by atoms with Crippen LogP contribution in [0.1, 0.15) is 28.4 Å². The number of aryl methyl sites for hydroxylation is 2. The minimum atomic E-state index is -0.578. The fourth-order valence-corrected chi connectivity index (χ4v) is 2.28. The molecule has 0 aromatic heterocycles. The van der Waals surface area contributed by atoms with Gasteiger partial charge in [-0.05, 0) is 31.5 Å². The average Bonchev–Trinajstić information content (AvgIpc) is 2.49. The molecule has 112 valence electrons. The Labute approximate surface area is 126 Å². The Morgan fingerprint density at radius 3 is 2.38 bits per heavy atom. The third-order valence-corrected chi connectivity index (χ3v) is 3.53. The molecule has 0 radical (unpaired) electrons. The molecule has 21 heavy (non-hydrogen) atoms. The van der Waals surface area contributed by atoms with Gasteiger partial charge in [0.1, 0.15) is 5.75 Å². The lowest BCUT2D eigenvalue weighted by atomic mass is 10.0. The molecule has 0 aliphatic carbocycles. The van der Waals surface area contributed by atoms with Crippen LogP contribution in [0.15, 0.2) is 42.5 Å². The van der Waals surface area contributed by atoms with Crippen molar-refractivity contribution in [2.24, 2.45) is 0 Å². The predicted molar refractivity (Wildman–Crippen MR) is 85.6 cm³/mol. The van der Waals surface area contributed by atoms with Gasteiger partial charge in [0.05, 0.1) is 13.2 Å². The number of nitrogens with one attached hydrogen (secondary N) is 1. The van der Waals surface area contributed by atoms with Crippen molar-refractivity contribution < 1.29 is 9.84 Å². The van der Waals surface area contributed by atoms with Crippen LogP contribution in [-0.2, 0) is 6.54 Å². The number of benzene rings is 2. The molecule has 2 aromatic rings. The van der Waals surface area contributed by atoms with E-state index in [4.69, 9.17) is 4.74 Å². The fraction of sp³-hybridized carbons (Fsp3) is 0.333. The first-order valence-electron chi connectivity index (χ1n) is 7.19. The van der Waals surface area contributed by atoms with Gasteiger partial charge in [0, 0.05) is 18.7 Å². The Kier molecular flexibility index (Phi) is 5.37. The molecule has 0 spiro atoms. The summed E-state index contributed by atoms with van der Waals surface area (Å²) in [6.07, 6.45) is -0.578. The number of hydrogen-bond donors (Lipinski definition) is 2. The van der Waals surface area contributed by atoms with Gasteiger partial charge in [-0.3, -0.25) is 0 Å². The topological polar surface area (TPSA) is 41.5 Å². The van der Waals surface area contributed by atoms with Gasteiger partial charge in [-0.25, -0.2) is 0 Å². The van der Waals surface area contributed by atoms with Gasteiger partial charge in [-0.15, -0.1) is 0 Å². The molecule has 1 atom stereocenters. The third-order valence-electron chi connectivity index (χ3n) is 3.53. The van der Waals surface area contributed by atoms with Crippen LogP contribution in [0, 0.1) is 13.8 Å². The number of aliphatic hydroxyl groups is 1. The standard InChI is InChI=1S/C18H23NO2/c1-13-4-7-15(8-5-13)11-19-12-17(20)16-10-14(2)6-9-18(16)21-3/h4-10,17,19-20H,11-12H2,1-3H3. The van der Waals surface area contributed by atoms with Crippen LogP contribution in [0.4, 0.5) is 0 Å². The second-order valence-corrected chi connectivity index (χ2v) is 5.38. The Hall–Kier alpha value is -1.84. The number of rotatable bonds is 6. The zero-order chi connectivity index (χ0) is 15.2. The maximum Gasteiger partial charge on any atom is 0.124 e. The van der Waals surface area contributed by atoms with E-state index in [1.165, 1.54) is 11.1 Å². The van der Waals surface area contributed by atoms with Crippen LogP contribution in [-0.4, -0.2) is 18.8 Å². The maximum atomic E-state index is 10.3. The van der Waals surface area contributed by atoms with E-state index in [1.807, 2.05) is 25.1 Å². The first kappa shape index (κ1) is 15.5.